The second kappa shape index (κ2) is 4.90. The van der Waals surface area contributed by atoms with Gasteiger partial charge in [0.15, 0.2) is 0 Å². The first-order valence-corrected chi connectivity index (χ1v) is 7.45. The summed E-state index contributed by atoms with van der Waals surface area (Å²) in [5, 5.41) is 9.98. The maximum Gasteiger partial charge on any atom is 0.253 e. The van der Waals surface area contributed by atoms with Gasteiger partial charge in [0.2, 0.25) is 0 Å². The molecule has 0 spiro atoms. The molecular weight excluding hydrogens is 322 g/mol. The van der Waals surface area contributed by atoms with Crippen LogP contribution in [0.2, 0.25) is 0 Å². The third-order valence-corrected chi connectivity index (χ3v) is 4.37. The van der Waals surface area contributed by atoms with Gasteiger partial charge in [-0.05, 0) is 30.7 Å². The fraction of sp³-hybridized carbons (Fsp3) is 0.400. The zero-order valence-corrected chi connectivity index (χ0v) is 12.8. The molecular formula is C15H16BrNO3. The standard InChI is InChI=1S/C15H16BrNO3/c1-2-15(19)8-17(9-15)14(18)11-5-10-6-12(16)3-4-13(10)20-7-11/h3-6,19H,2,7-9H2,1H3. The molecule has 1 aromatic carbocycles. The topological polar surface area (TPSA) is 49.8 Å². The fourth-order valence-electron chi connectivity index (χ4n) is 2.51. The van der Waals surface area contributed by atoms with Crippen LogP contribution in [0.25, 0.3) is 6.08 Å². The van der Waals surface area contributed by atoms with Gasteiger partial charge in [-0.3, -0.25) is 4.79 Å². The highest BCUT2D eigenvalue weighted by Gasteiger charge is 2.42. The van der Waals surface area contributed by atoms with Crippen LogP contribution in [-0.4, -0.2) is 41.2 Å². The van der Waals surface area contributed by atoms with Gasteiger partial charge in [-0.15, -0.1) is 0 Å². The molecule has 0 radical (unpaired) electrons. The second-order valence-corrected chi connectivity index (χ2v) is 6.30. The molecule has 1 amide bonds. The number of hydrogen-bond donors (Lipinski definition) is 1. The molecule has 0 atom stereocenters. The van der Waals surface area contributed by atoms with Crippen LogP contribution in [0, 0.1) is 0 Å². The van der Waals surface area contributed by atoms with Crippen LogP contribution in [0.15, 0.2) is 28.2 Å². The molecule has 0 unspecified atom stereocenters. The van der Waals surface area contributed by atoms with E-state index in [0.717, 1.165) is 15.8 Å². The predicted octanol–water partition coefficient (Wildman–Crippen LogP) is 2.21. The van der Waals surface area contributed by atoms with Crippen molar-refractivity contribution in [2.75, 3.05) is 19.7 Å². The summed E-state index contributed by atoms with van der Waals surface area (Å²) in [4.78, 5) is 14.0. The van der Waals surface area contributed by atoms with Crippen LogP contribution in [0.4, 0.5) is 0 Å². The molecule has 4 nitrogen and oxygen atoms in total. The summed E-state index contributed by atoms with van der Waals surface area (Å²) in [5.74, 6) is 0.743. The number of halogens is 1. The van der Waals surface area contributed by atoms with Crippen molar-refractivity contribution >= 4 is 27.9 Å². The lowest BCUT2D eigenvalue weighted by atomic mass is 9.90. The number of carbonyl (C=O) groups is 1. The van der Waals surface area contributed by atoms with E-state index >= 15 is 0 Å². The van der Waals surface area contributed by atoms with E-state index in [-0.39, 0.29) is 12.5 Å². The number of nitrogens with zero attached hydrogens (tertiary/aromatic N) is 1. The van der Waals surface area contributed by atoms with E-state index in [9.17, 15) is 9.90 Å². The molecule has 0 bridgehead atoms. The van der Waals surface area contributed by atoms with Gasteiger partial charge in [-0.1, -0.05) is 22.9 Å². The summed E-state index contributed by atoms with van der Waals surface area (Å²) in [6, 6.07) is 5.73. The highest BCUT2D eigenvalue weighted by molar-refractivity contribution is 9.10. The molecule has 3 rings (SSSR count). The van der Waals surface area contributed by atoms with E-state index in [1.807, 2.05) is 31.2 Å². The molecule has 20 heavy (non-hydrogen) atoms. The molecule has 1 N–H and O–H groups in total. The molecule has 0 saturated carbocycles. The van der Waals surface area contributed by atoms with Crippen LogP contribution < -0.4 is 4.74 Å². The van der Waals surface area contributed by atoms with E-state index < -0.39 is 5.60 Å². The highest BCUT2D eigenvalue weighted by Crippen LogP contribution is 2.31. The predicted molar refractivity (Wildman–Crippen MR) is 79.4 cm³/mol. The molecule has 2 aliphatic rings. The molecule has 0 aliphatic carbocycles. The Kier molecular flexibility index (Phi) is 3.34. The maximum absolute atomic E-state index is 12.3. The average molecular weight is 338 g/mol. The first-order chi connectivity index (χ1) is 9.50. The van der Waals surface area contributed by atoms with E-state index in [1.54, 1.807) is 4.90 Å². The normalized spacial score (nSPS) is 19.6. The summed E-state index contributed by atoms with van der Waals surface area (Å²) in [6.45, 7) is 3.03. The third kappa shape index (κ3) is 2.36. The summed E-state index contributed by atoms with van der Waals surface area (Å²) in [7, 11) is 0. The van der Waals surface area contributed by atoms with Crippen molar-refractivity contribution in [2.24, 2.45) is 0 Å². The number of carbonyl (C=O) groups excluding carboxylic acids is 1. The van der Waals surface area contributed by atoms with E-state index in [4.69, 9.17) is 4.74 Å². The lowest BCUT2D eigenvalue weighted by Crippen LogP contribution is -2.63. The van der Waals surface area contributed by atoms with Gasteiger partial charge in [0.25, 0.3) is 5.91 Å². The Balaban J connectivity index is 1.77. The number of β-amino-alcohol motifs (C(OH)–C–C–N with tert-alkyl or cyclic N) is 1. The lowest BCUT2D eigenvalue weighted by Gasteiger charge is -2.46. The molecule has 1 fully saturated rings. The van der Waals surface area contributed by atoms with Crippen LogP contribution in [0.3, 0.4) is 0 Å². The SMILES string of the molecule is CCC1(O)CN(C(=O)C2=Cc3cc(Br)ccc3OC2)C1. The van der Waals surface area contributed by atoms with Crippen LogP contribution in [0.1, 0.15) is 18.9 Å². The Bertz CT molecular complexity index is 591. The Labute approximate surface area is 126 Å². The lowest BCUT2D eigenvalue weighted by molar-refractivity contribution is -0.151. The van der Waals surface area contributed by atoms with Gasteiger partial charge in [0.1, 0.15) is 12.4 Å². The molecule has 0 aromatic heterocycles. The Morgan fingerprint density at radius 1 is 1.50 bits per heavy atom. The van der Waals surface area contributed by atoms with Gasteiger partial charge in [0.05, 0.1) is 24.3 Å². The number of amides is 1. The number of benzene rings is 1. The minimum atomic E-state index is -0.702. The first kappa shape index (κ1) is 13.6. The molecule has 5 heteroatoms. The number of hydrogen-bond acceptors (Lipinski definition) is 3. The largest absolute Gasteiger partial charge is 0.488 e. The molecule has 106 valence electrons. The van der Waals surface area contributed by atoms with Gasteiger partial charge in [-0.25, -0.2) is 0 Å². The van der Waals surface area contributed by atoms with Gasteiger partial charge in [0, 0.05) is 10.0 Å². The van der Waals surface area contributed by atoms with Crippen LogP contribution in [0.5, 0.6) is 5.75 Å². The fourth-order valence-corrected chi connectivity index (χ4v) is 2.89. The third-order valence-electron chi connectivity index (χ3n) is 3.88. The van der Waals surface area contributed by atoms with E-state index in [0.29, 0.717) is 25.1 Å². The number of rotatable bonds is 2. The smallest absolute Gasteiger partial charge is 0.253 e. The molecule has 2 heterocycles. The Morgan fingerprint density at radius 3 is 2.95 bits per heavy atom. The van der Waals surface area contributed by atoms with Crippen molar-refractivity contribution in [3.05, 3.63) is 33.8 Å². The van der Waals surface area contributed by atoms with Crippen molar-refractivity contribution in [1.29, 1.82) is 0 Å². The summed E-state index contributed by atoms with van der Waals surface area (Å²) in [6.07, 6.45) is 2.54. The zero-order valence-electron chi connectivity index (χ0n) is 11.2. The quantitative estimate of drug-likeness (QED) is 0.900. The highest BCUT2D eigenvalue weighted by atomic mass is 79.9. The van der Waals surface area contributed by atoms with E-state index in [1.165, 1.54) is 0 Å². The van der Waals surface area contributed by atoms with Crippen LogP contribution >= 0.6 is 15.9 Å². The summed E-state index contributed by atoms with van der Waals surface area (Å²) >= 11 is 3.41. The van der Waals surface area contributed by atoms with Crippen molar-refractivity contribution in [3.8, 4) is 5.75 Å². The summed E-state index contributed by atoms with van der Waals surface area (Å²) < 4.78 is 6.56. The number of likely N-dealkylation sites (tertiary alicyclic amines) is 1. The monoisotopic (exact) mass is 337 g/mol. The second-order valence-electron chi connectivity index (χ2n) is 5.38. The number of aliphatic hydroxyl groups is 1. The van der Waals surface area contributed by atoms with Crippen LogP contribution in [-0.2, 0) is 4.79 Å². The minimum absolute atomic E-state index is 0.0475. The number of fused-ring (bicyclic) bond motifs is 1. The number of ether oxygens (including phenoxy) is 1. The minimum Gasteiger partial charge on any atom is -0.488 e. The van der Waals surface area contributed by atoms with Crippen molar-refractivity contribution in [2.45, 2.75) is 18.9 Å². The van der Waals surface area contributed by atoms with Crippen molar-refractivity contribution in [3.63, 3.8) is 0 Å². The van der Waals surface area contributed by atoms with Crippen molar-refractivity contribution < 1.29 is 14.6 Å². The molecule has 1 saturated heterocycles. The molecule has 1 aromatic rings. The summed E-state index contributed by atoms with van der Waals surface area (Å²) in [5.41, 5.74) is 0.834. The van der Waals surface area contributed by atoms with E-state index in [2.05, 4.69) is 15.9 Å². The van der Waals surface area contributed by atoms with Gasteiger partial charge in [-0.2, -0.15) is 0 Å². The molecule has 2 aliphatic heterocycles. The maximum atomic E-state index is 12.3. The Hall–Kier alpha value is -1.33. The average Bonchev–Trinajstić information content (AvgIpc) is 2.42. The van der Waals surface area contributed by atoms with Crippen molar-refractivity contribution in [1.82, 2.24) is 4.90 Å². The van der Waals surface area contributed by atoms with Gasteiger partial charge < -0.3 is 14.7 Å². The van der Waals surface area contributed by atoms with Gasteiger partial charge >= 0.3 is 0 Å². The first-order valence-electron chi connectivity index (χ1n) is 6.65. The Morgan fingerprint density at radius 2 is 2.25 bits per heavy atom. The zero-order chi connectivity index (χ0) is 14.3.